The van der Waals surface area contributed by atoms with Crippen molar-refractivity contribution in [3.05, 3.63) is 52.7 Å². The SMILES string of the molecule is O=C(O)Cc1cccc(Nc2cnc(=O)[nH]c2)c1. The van der Waals surface area contributed by atoms with Gasteiger partial charge in [0.15, 0.2) is 0 Å². The van der Waals surface area contributed by atoms with Crippen molar-refractivity contribution in [1.82, 2.24) is 9.97 Å². The minimum absolute atomic E-state index is 0.0284. The maximum atomic E-state index is 10.8. The fourth-order valence-corrected chi connectivity index (χ4v) is 1.51. The summed E-state index contributed by atoms with van der Waals surface area (Å²) in [6, 6.07) is 7.04. The molecular weight excluding hydrogens is 234 g/mol. The summed E-state index contributed by atoms with van der Waals surface area (Å²) in [4.78, 5) is 27.4. The van der Waals surface area contributed by atoms with Gasteiger partial charge in [0.2, 0.25) is 0 Å². The van der Waals surface area contributed by atoms with E-state index in [4.69, 9.17) is 5.11 Å². The van der Waals surface area contributed by atoms with Gasteiger partial charge in [-0.1, -0.05) is 12.1 Å². The zero-order valence-corrected chi connectivity index (χ0v) is 9.38. The van der Waals surface area contributed by atoms with Gasteiger partial charge in [0.25, 0.3) is 0 Å². The Kier molecular flexibility index (Phi) is 3.38. The van der Waals surface area contributed by atoms with Crippen LogP contribution in [0.4, 0.5) is 11.4 Å². The summed E-state index contributed by atoms with van der Waals surface area (Å²) in [5, 5.41) is 11.7. The molecule has 1 aromatic heterocycles. The molecule has 0 aliphatic carbocycles. The van der Waals surface area contributed by atoms with Gasteiger partial charge in [0.1, 0.15) is 0 Å². The molecule has 0 amide bonds. The second-order valence-electron chi connectivity index (χ2n) is 3.70. The number of rotatable bonds is 4. The van der Waals surface area contributed by atoms with E-state index in [1.54, 1.807) is 24.3 Å². The Morgan fingerprint density at radius 2 is 2.22 bits per heavy atom. The van der Waals surface area contributed by atoms with Gasteiger partial charge in [-0.3, -0.25) is 4.79 Å². The van der Waals surface area contributed by atoms with E-state index in [9.17, 15) is 9.59 Å². The van der Waals surface area contributed by atoms with Crippen molar-refractivity contribution in [3.8, 4) is 0 Å². The summed E-state index contributed by atoms with van der Waals surface area (Å²) in [7, 11) is 0. The third kappa shape index (κ3) is 3.18. The van der Waals surface area contributed by atoms with Crippen molar-refractivity contribution in [2.75, 3.05) is 5.32 Å². The zero-order valence-electron chi connectivity index (χ0n) is 9.38. The Morgan fingerprint density at radius 1 is 1.39 bits per heavy atom. The summed E-state index contributed by atoms with van der Waals surface area (Å²) >= 11 is 0. The van der Waals surface area contributed by atoms with Crippen molar-refractivity contribution in [3.63, 3.8) is 0 Å². The Bertz CT molecular complexity index is 601. The molecule has 18 heavy (non-hydrogen) atoms. The van der Waals surface area contributed by atoms with E-state index in [-0.39, 0.29) is 6.42 Å². The molecule has 0 fully saturated rings. The first-order valence-corrected chi connectivity index (χ1v) is 5.26. The quantitative estimate of drug-likeness (QED) is 0.750. The van der Waals surface area contributed by atoms with E-state index in [1.807, 2.05) is 0 Å². The molecule has 1 heterocycles. The number of hydrogen-bond donors (Lipinski definition) is 3. The number of benzene rings is 1. The van der Waals surface area contributed by atoms with E-state index >= 15 is 0 Å². The number of carboxylic acids is 1. The van der Waals surface area contributed by atoms with Crippen LogP contribution in [0.25, 0.3) is 0 Å². The maximum Gasteiger partial charge on any atom is 0.345 e. The van der Waals surface area contributed by atoms with Crippen molar-refractivity contribution in [2.24, 2.45) is 0 Å². The molecule has 2 rings (SSSR count). The first kappa shape index (κ1) is 11.8. The number of carbonyl (C=O) groups is 1. The summed E-state index contributed by atoms with van der Waals surface area (Å²) < 4.78 is 0. The highest BCUT2D eigenvalue weighted by Gasteiger charge is 2.01. The van der Waals surface area contributed by atoms with Gasteiger partial charge < -0.3 is 15.4 Å². The maximum absolute atomic E-state index is 10.8. The molecule has 0 bridgehead atoms. The number of anilines is 2. The van der Waals surface area contributed by atoms with E-state index in [1.165, 1.54) is 12.4 Å². The highest BCUT2D eigenvalue weighted by Crippen LogP contribution is 2.16. The molecule has 0 spiro atoms. The average Bonchev–Trinajstić information content (AvgIpc) is 2.32. The van der Waals surface area contributed by atoms with E-state index in [0.29, 0.717) is 11.3 Å². The molecule has 1 aromatic carbocycles. The second kappa shape index (κ2) is 5.13. The molecule has 0 radical (unpaired) electrons. The molecule has 0 aliphatic heterocycles. The molecule has 0 aliphatic rings. The second-order valence-corrected chi connectivity index (χ2v) is 3.70. The Morgan fingerprint density at radius 3 is 2.89 bits per heavy atom. The number of aromatic amines is 1. The van der Waals surface area contributed by atoms with Gasteiger partial charge in [-0.15, -0.1) is 0 Å². The van der Waals surface area contributed by atoms with Crippen LogP contribution in [0, 0.1) is 0 Å². The van der Waals surface area contributed by atoms with Crippen LogP contribution in [-0.4, -0.2) is 21.0 Å². The lowest BCUT2D eigenvalue weighted by molar-refractivity contribution is -0.136. The van der Waals surface area contributed by atoms with Gasteiger partial charge in [0, 0.05) is 11.9 Å². The lowest BCUT2D eigenvalue weighted by Gasteiger charge is -2.06. The van der Waals surface area contributed by atoms with Gasteiger partial charge >= 0.3 is 11.7 Å². The standard InChI is InChI=1S/C12H11N3O3/c16-11(17)5-8-2-1-3-9(4-8)15-10-6-13-12(18)14-7-10/h1-4,6-7,15H,5H2,(H,16,17)(H,13,14,18). The van der Waals surface area contributed by atoms with Crippen LogP contribution in [-0.2, 0) is 11.2 Å². The Balaban J connectivity index is 2.16. The van der Waals surface area contributed by atoms with Crippen molar-refractivity contribution < 1.29 is 9.90 Å². The van der Waals surface area contributed by atoms with Crippen LogP contribution >= 0.6 is 0 Å². The lowest BCUT2D eigenvalue weighted by atomic mass is 10.1. The minimum Gasteiger partial charge on any atom is -0.481 e. The summed E-state index contributed by atoms with van der Waals surface area (Å²) in [6.07, 6.45) is 2.88. The summed E-state index contributed by atoms with van der Waals surface area (Å²) in [6.45, 7) is 0. The third-order valence-corrected chi connectivity index (χ3v) is 2.24. The Hall–Kier alpha value is -2.63. The van der Waals surface area contributed by atoms with Crippen LogP contribution in [0.3, 0.4) is 0 Å². The molecule has 92 valence electrons. The van der Waals surface area contributed by atoms with Crippen molar-refractivity contribution >= 4 is 17.3 Å². The molecule has 3 N–H and O–H groups in total. The number of aromatic nitrogens is 2. The number of H-pyrrole nitrogens is 1. The molecule has 6 heteroatoms. The number of aliphatic carboxylic acids is 1. The van der Waals surface area contributed by atoms with Gasteiger partial charge in [-0.2, -0.15) is 4.98 Å². The third-order valence-electron chi connectivity index (χ3n) is 2.24. The number of carboxylic acid groups (broad SMARTS) is 1. The van der Waals surface area contributed by atoms with Crippen LogP contribution < -0.4 is 11.0 Å². The van der Waals surface area contributed by atoms with Gasteiger partial charge in [-0.05, 0) is 17.7 Å². The molecule has 2 aromatic rings. The molecule has 0 saturated heterocycles. The zero-order chi connectivity index (χ0) is 13.0. The van der Waals surface area contributed by atoms with E-state index in [0.717, 1.165) is 5.69 Å². The average molecular weight is 245 g/mol. The fourth-order valence-electron chi connectivity index (χ4n) is 1.51. The van der Waals surface area contributed by atoms with Crippen molar-refractivity contribution in [1.29, 1.82) is 0 Å². The van der Waals surface area contributed by atoms with Crippen LogP contribution in [0.1, 0.15) is 5.56 Å². The highest BCUT2D eigenvalue weighted by atomic mass is 16.4. The molecular formula is C12H11N3O3. The van der Waals surface area contributed by atoms with Gasteiger partial charge in [-0.25, -0.2) is 4.79 Å². The first-order valence-electron chi connectivity index (χ1n) is 5.26. The monoisotopic (exact) mass is 245 g/mol. The van der Waals surface area contributed by atoms with Crippen molar-refractivity contribution in [2.45, 2.75) is 6.42 Å². The molecule has 6 nitrogen and oxygen atoms in total. The number of hydrogen-bond acceptors (Lipinski definition) is 4. The molecule has 0 saturated carbocycles. The highest BCUT2D eigenvalue weighted by molar-refractivity contribution is 5.71. The summed E-state index contributed by atoms with van der Waals surface area (Å²) in [5.74, 6) is -0.877. The fraction of sp³-hybridized carbons (Fsp3) is 0.0833. The molecule has 0 unspecified atom stereocenters. The lowest BCUT2D eigenvalue weighted by Crippen LogP contribution is -2.08. The Labute approximate surface area is 102 Å². The van der Waals surface area contributed by atoms with E-state index < -0.39 is 11.7 Å². The van der Waals surface area contributed by atoms with Gasteiger partial charge in [0.05, 0.1) is 18.3 Å². The predicted octanol–water partition coefficient (Wildman–Crippen LogP) is 1.14. The topological polar surface area (TPSA) is 95.1 Å². The summed E-state index contributed by atoms with van der Waals surface area (Å²) in [5.41, 5.74) is 1.65. The number of nitrogens with zero attached hydrogens (tertiary/aromatic N) is 1. The normalized spacial score (nSPS) is 10.0. The number of nitrogens with one attached hydrogen (secondary N) is 2. The smallest absolute Gasteiger partial charge is 0.345 e. The van der Waals surface area contributed by atoms with Crippen LogP contribution in [0.15, 0.2) is 41.5 Å². The minimum atomic E-state index is -0.877. The van der Waals surface area contributed by atoms with Crippen LogP contribution in [0.5, 0.6) is 0 Å². The van der Waals surface area contributed by atoms with Crippen LogP contribution in [0.2, 0.25) is 0 Å². The first-order chi connectivity index (χ1) is 8.63. The van der Waals surface area contributed by atoms with E-state index in [2.05, 4.69) is 15.3 Å². The molecule has 0 atom stereocenters. The predicted molar refractivity (Wildman–Crippen MR) is 65.9 cm³/mol. The largest absolute Gasteiger partial charge is 0.481 e.